The molecule has 1 aliphatic rings. The van der Waals surface area contributed by atoms with Gasteiger partial charge in [-0.2, -0.15) is 0 Å². The molecule has 2 aromatic carbocycles. The summed E-state index contributed by atoms with van der Waals surface area (Å²) in [4.78, 5) is 28.1. The highest BCUT2D eigenvalue weighted by atomic mass is 35.5. The summed E-state index contributed by atoms with van der Waals surface area (Å²) in [7, 11) is 0. The van der Waals surface area contributed by atoms with Crippen LogP contribution in [0.1, 0.15) is 17.5 Å². The van der Waals surface area contributed by atoms with Crippen LogP contribution in [-0.2, 0) is 0 Å². The van der Waals surface area contributed by atoms with Gasteiger partial charge in [-0.3, -0.25) is 20.2 Å². The molecule has 9 nitrogen and oxygen atoms in total. The molecular formula is C24H24ClN5O4S. The molecule has 1 aliphatic heterocycles. The zero-order valence-electron chi connectivity index (χ0n) is 19.0. The van der Waals surface area contributed by atoms with E-state index in [1.165, 1.54) is 18.2 Å². The van der Waals surface area contributed by atoms with Crippen molar-refractivity contribution in [3.05, 3.63) is 75.5 Å². The van der Waals surface area contributed by atoms with Crippen molar-refractivity contribution >= 4 is 51.9 Å². The van der Waals surface area contributed by atoms with Gasteiger partial charge >= 0.3 is 0 Å². The van der Waals surface area contributed by atoms with E-state index in [0.717, 1.165) is 38.4 Å². The third-order valence-electron chi connectivity index (χ3n) is 5.79. The Hall–Kier alpha value is -3.47. The average molecular weight is 514 g/mol. The highest BCUT2D eigenvalue weighted by Gasteiger charge is 2.22. The minimum Gasteiger partial charge on any atom is -0.451 e. The number of rotatable bonds is 6. The molecule has 1 amide bonds. The van der Waals surface area contributed by atoms with Crippen molar-refractivity contribution in [3.8, 4) is 11.3 Å². The van der Waals surface area contributed by atoms with Crippen LogP contribution in [0.2, 0.25) is 5.02 Å². The van der Waals surface area contributed by atoms with E-state index in [1.807, 2.05) is 18.2 Å². The monoisotopic (exact) mass is 513 g/mol. The van der Waals surface area contributed by atoms with Crippen LogP contribution in [0.25, 0.3) is 11.3 Å². The molecule has 1 saturated heterocycles. The quantitative estimate of drug-likeness (QED) is 0.276. The molecule has 1 aromatic heterocycles. The van der Waals surface area contributed by atoms with E-state index < -0.39 is 10.8 Å². The second-order valence-corrected chi connectivity index (χ2v) is 8.72. The lowest BCUT2D eigenvalue weighted by atomic mass is 10.1. The van der Waals surface area contributed by atoms with Crippen molar-refractivity contribution < 1.29 is 14.1 Å². The number of thiocarbonyl (C=S) groups is 1. The van der Waals surface area contributed by atoms with Gasteiger partial charge in [-0.15, -0.1) is 0 Å². The van der Waals surface area contributed by atoms with Gasteiger partial charge in [0, 0.05) is 32.2 Å². The average Bonchev–Trinajstić information content (AvgIpc) is 3.35. The molecule has 1 fully saturated rings. The first-order valence-electron chi connectivity index (χ1n) is 11.1. The summed E-state index contributed by atoms with van der Waals surface area (Å²) in [5.74, 6) is -0.388. The maximum atomic E-state index is 12.7. The zero-order chi connectivity index (χ0) is 24.9. The van der Waals surface area contributed by atoms with E-state index in [4.69, 9.17) is 28.2 Å². The number of furan rings is 1. The smallest absolute Gasteiger partial charge is 0.293 e. The Balaban J connectivity index is 1.45. The Kier molecular flexibility index (Phi) is 7.64. The van der Waals surface area contributed by atoms with Gasteiger partial charge in [-0.05, 0) is 49.1 Å². The third-order valence-corrected chi connectivity index (χ3v) is 6.30. The van der Waals surface area contributed by atoms with Crippen LogP contribution in [0.3, 0.4) is 0 Å². The van der Waals surface area contributed by atoms with Crippen molar-refractivity contribution in [2.24, 2.45) is 0 Å². The number of hydrogen-bond donors (Lipinski definition) is 2. The van der Waals surface area contributed by atoms with Gasteiger partial charge in [0.25, 0.3) is 11.6 Å². The maximum Gasteiger partial charge on any atom is 0.293 e. The van der Waals surface area contributed by atoms with Crippen LogP contribution in [0.15, 0.2) is 59.0 Å². The summed E-state index contributed by atoms with van der Waals surface area (Å²) in [6, 6.07) is 14.6. The summed E-state index contributed by atoms with van der Waals surface area (Å²) < 4.78 is 5.59. The van der Waals surface area contributed by atoms with Crippen LogP contribution in [0.4, 0.5) is 17.1 Å². The van der Waals surface area contributed by atoms with Crippen LogP contribution in [-0.4, -0.2) is 53.6 Å². The van der Waals surface area contributed by atoms with Crippen molar-refractivity contribution in [1.82, 2.24) is 10.2 Å². The van der Waals surface area contributed by atoms with Crippen LogP contribution in [0.5, 0.6) is 0 Å². The van der Waals surface area contributed by atoms with Gasteiger partial charge in [0.05, 0.1) is 26.9 Å². The van der Waals surface area contributed by atoms with E-state index in [2.05, 4.69) is 27.4 Å². The summed E-state index contributed by atoms with van der Waals surface area (Å²) in [6.45, 7) is 6.66. The number of amides is 1. The number of nitrogens with zero attached hydrogens (tertiary/aromatic N) is 3. The number of likely N-dealkylation sites (N-methyl/N-ethyl adjacent to an activating group) is 1. The Labute approximate surface area is 212 Å². The van der Waals surface area contributed by atoms with E-state index in [-0.39, 0.29) is 27.9 Å². The van der Waals surface area contributed by atoms with Gasteiger partial charge in [-0.25, -0.2) is 0 Å². The Morgan fingerprint density at radius 1 is 1.11 bits per heavy atom. The number of hydrogen-bond acceptors (Lipinski definition) is 7. The molecule has 0 atom stereocenters. The lowest BCUT2D eigenvalue weighted by Gasteiger charge is -2.37. The van der Waals surface area contributed by atoms with Gasteiger partial charge in [0.1, 0.15) is 5.76 Å². The summed E-state index contributed by atoms with van der Waals surface area (Å²) in [6.07, 6.45) is 0. The number of nitro groups is 1. The maximum absolute atomic E-state index is 12.7. The number of halogens is 1. The normalized spacial score (nSPS) is 13.9. The van der Waals surface area contributed by atoms with E-state index in [9.17, 15) is 14.9 Å². The molecule has 4 rings (SSSR count). The standard InChI is InChI=1S/C24H24ClN5O4S/c1-2-28-12-14-29(15-13-28)22-17(25)7-5-8-18(22)26-24(35)27-23(31)21-11-10-20(34-21)16-6-3-4-9-19(16)30(32)33/h3-11H,2,12-15H2,1H3,(H2,26,27,31,35). The number of anilines is 2. The van der Waals surface area contributed by atoms with Crippen molar-refractivity contribution in [2.75, 3.05) is 42.9 Å². The summed E-state index contributed by atoms with van der Waals surface area (Å²) in [5, 5.41) is 17.6. The highest BCUT2D eigenvalue weighted by molar-refractivity contribution is 7.80. The number of nitro benzene ring substituents is 1. The lowest BCUT2D eigenvalue weighted by molar-refractivity contribution is -0.384. The minimum atomic E-state index is -0.576. The van der Waals surface area contributed by atoms with Gasteiger partial charge < -0.3 is 19.5 Å². The molecule has 35 heavy (non-hydrogen) atoms. The number of nitrogens with one attached hydrogen (secondary N) is 2. The van der Waals surface area contributed by atoms with Gasteiger partial charge in [-0.1, -0.05) is 36.7 Å². The third kappa shape index (κ3) is 5.61. The molecule has 0 radical (unpaired) electrons. The molecule has 2 heterocycles. The Bertz CT molecular complexity index is 1260. The second-order valence-electron chi connectivity index (χ2n) is 7.90. The number of benzene rings is 2. The van der Waals surface area contributed by atoms with E-state index in [0.29, 0.717) is 10.7 Å². The van der Waals surface area contributed by atoms with E-state index in [1.54, 1.807) is 18.2 Å². The predicted octanol–water partition coefficient (Wildman–Crippen LogP) is 4.78. The first-order chi connectivity index (χ1) is 16.9. The predicted molar refractivity (Wildman–Crippen MR) is 140 cm³/mol. The molecule has 2 N–H and O–H groups in total. The van der Waals surface area contributed by atoms with Crippen LogP contribution >= 0.6 is 23.8 Å². The molecule has 3 aromatic rings. The molecule has 0 aliphatic carbocycles. The minimum absolute atomic E-state index is 0.0238. The summed E-state index contributed by atoms with van der Waals surface area (Å²) in [5.41, 5.74) is 1.69. The molecule has 182 valence electrons. The van der Waals surface area contributed by atoms with E-state index >= 15 is 0 Å². The first kappa shape index (κ1) is 24.6. The molecule has 0 saturated carbocycles. The molecule has 11 heteroatoms. The van der Waals surface area contributed by atoms with Gasteiger partial charge in [0.15, 0.2) is 10.9 Å². The van der Waals surface area contributed by atoms with Crippen LogP contribution in [0, 0.1) is 10.1 Å². The zero-order valence-corrected chi connectivity index (χ0v) is 20.6. The summed E-state index contributed by atoms with van der Waals surface area (Å²) >= 11 is 11.9. The molecule has 0 unspecified atom stereocenters. The topological polar surface area (TPSA) is 104 Å². The van der Waals surface area contributed by atoms with Crippen molar-refractivity contribution in [1.29, 1.82) is 0 Å². The fourth-order valence-corrected chi connectivity index (χ4v) is 4.49. The molecule has 0 spiro atoms. The molecule has 0 bridgehead atoms. The highest BCUT2D eigenvalue weighted by Crippen LogP contribution is 2.35. The largest absolute Gasteiger partial charge is 0.451 e. The Morgan fingerprint density at radius 3 is 2.57 bits per heavy atom. The van der Waals surface area contributed by atoms with Gasteiger partial charge in [0.2, 0.25) is 0 Å². The fourth-order valence-electron chi connectivity index (χ4n) is 3.99. The number of carbonyl (C=O) groups excluding carboxylic acids is 1. The number of para-hydroxylation sites is 2. The lowest BCUT2D eigenvalue weighted by Crippen LogP contribution is -2.46. The SMILES string of the molecule is CCN1CCN(c2c(Cl)cccc2NC(=S)NC(=O)c2ccc(-c3ccccc3[N+](=O)[O-])o2)CC1. The Morgan fingerprint density at radius 2 is 1.86 bits per heavy atom. The number of piperazine rings is 1. The van der Waals surface area contributed by atoms with Crippen molar-refractivity contribution in [3.63, 3.8) is 0 Å². The van der Waals surface area contributed by atoms with Crippen molar-refractivity contribution in [2.45, 2.75) is 6.92 Å². The molecular weight excluding hydrogens is 490 g/mol. The fraction of sp³-hybridized carbons (Fsp3) is 0.250. The first-order valence-corrected chi connectivity index (χ1v) is 11.9. The van der Waals surface area contributed by atoms with Crippen LogP contribution < -0.4 is 15.5 Å². The second kappa shape index (κ2) is 10.9. The number of carbonyl (C=O) groups is 1.